The number of β-amino-alcohol motifs (C(OH)–C–C–N with tert-alkyl or cyclic N) is 1. The summed E-state index contributed by atoms with van der Waals surface area (Å²) in [6.07, 6.45) is 0.961. The largest absolute Gasteiger partial charge is 0.530 e. The van der Waals surface area contributed by atoms with Gasteiger partial charge in [-0.3, -0.25) is 14.7 Å². The third-order valence-electron chi connectivity index (χ3n) is 6.23. The lowest BCUT2D eigenvalue weighted by atomic mass is 9.92. The maximum Gasteiger partial charge on any atom is 0.270 e. The van der Waals surface area contributed by atoms with Crippen molar-refractivity contribution in [3.8, 4) is 0 Å². The molecule has 2 aromatic rings. The van der Waals surface area contributed by atoms with Crippen molar-refractivity contribution in [3.05, 3.63) is 39.0 Å². The standard InChI is InChI=1S/C21H26ClFN4O4/c1-20(2,3)27(19(29)30)12-4-6-25(7-5-12)10-21(31)11-26-17-15(8-13(22)18(26)28)24-9-14(23)16(17)21/h8-9,12,31H,4-7,10-11H2,1-3H3,(H,29,30)/p-1. The Bertz CT molecular complexity index is 1110. The van der Waals surface area contributed by atoms with Crippen molar-refractivity contribution in [3.63, 3.8) is 0 Å². The molecule has 1 saturated heterocycles. The topological polar surface area (TPSA) is 102 Å². The molecule has 0 spiro atoms. The van der Waals surface area contributed by atoms with Gasteiger partial charge in [0.05, 0.1) is 29.3 Å². The lowest BCUT2D eigenvalue weighted by Gasteiger charge is -2.47. The molecule has 168 valence electrons. The van der Waals surface area contributed by atoms with Crippen LogP contribution in [0.3, 0.4) is 0 Å². The van der Waals surface area contributed by atoms with E-state index >= 15 is 0 Å². The Morgan fingerprint density at radius 2 is 2.06 bits per heavy atom. The number of rotatable bonds is 3. The van der Waals surface area contributed by atoms with Crippen molar-refractivity contribution in [2.24, 2.45) is 0 Å². The first-order valence-electron chi connectivity index (χ1n) is 10.3. The second kappa shape index (κ2) is 7.43. The molecule has 2 aliphatic heterocycles. The number of hydrogen-bond acceptors (Lipinski definition) is 6. The zero-order valence-electron chi connectivity index (χ0n) is 17.7. The molecule has 8 nitrogen and oxygen atoms in total. The van der Waals surface area contributed by atoms with Gasteiger partial charge in [-0.2, -0.15) is 0 Å². The molecule has 2 aromatic heterocycles. The zero-order chi connectivity index (χ0) is 22.7. The molecule has 0 radical (unpaired) electrons. The van der Waals surface area contributed by atoms with E-state index in [-0.39, 0.29) is 35.2 Å². The number of carbonyl (C=O) groups excluding carboxylic acids is 1. The first-order valence-corrected chi connectivity index (χ1v) is 10.6. The van der Waals surface area contributed by atoms with E-state index < -0.39 is 28.6 Å². The molecular weight excluding hydrogens is 427 g/mol. The molecule has 10 heteroatoms. The summed E-state index contributed by atoms with van der Waals surface area (Å²) in [5.41, 5.74) is -2.02. The van der Waals surface area contributed by atoms with Crippen molar-refractivity contribution >= 4 is 28.7 Å². The SMILES string of the molecule is CC(C)(C)N(C(=O)[O-])C1CCN(CC2(O)Cn3c(=O)c(Cl)cc4ncc(F)c2c43)CC1. The molecule has 1 unspecified atom stereocenters. The zero-order valence-corrected chi connectivity index (χ0v) is 18.4. The minimum Gasteiger partial charge on any atom is -0.530 e. The fourth-order valence-corrected chi connectivity index (χ4v) is 5.23. The van der Waals surface area contributed by atoms with Gasteiger partial charge in [0, 0.05) is 31.2 Å². The van der Waals surface area contributed by atoms with Crippen LogP contribution in [0.1, 0.15) is 39.2 Å². The molecule has 0 aromatic carbocycles. The van der Waals surface area contributed by atoms with Crippen LogP contribution in [0.4, 0.5) is 9.18 Å². The number of amides is 1. The molecule has 0 bridgehead atoms. The Morgan fingerprint density at radius 3 is 2.65 bits per heavy atom. The Labute approximate surface area is 183 Å². The van der Waals surface area contributed by atoms with Crippen LogP contribution in [0.15, 0.2) is 17.1 Å². The number of carbonyl (C=O) groups is 1. The van der Waals surface area contributed by atoms with Gasteiger partial charge in [-0.1, -0.05) is 11.6 Å². The summed E-state index contributed by atoms with van der Waals surface area (Å²) in [6, 6.07) is 1.19. The lowest BCUT2D eigenvalue weighted by molar-refractivity contribution is -0.274. The van der Waals surface area contributed by atoms with Crippen LogP contribution in [-0.2, 0) is 12.1 Å². The Morgan fingerprint density at radius 1 is 1.42 bits per heavy atom. The number of hydrogen-bond donors (Lipinski definition) is 1. The second-order valence-corrected chi connectivity index (χ2v) is 9.85. The average molecular weight is 452 g/mol. The summed E-state index contributed by atoms with van der Waals surface area (Å²) < 4.78 is 16.0. The Balaban J connectivity index is 1.57. The molecule has 1 amide bonds. The molecule has 0 saturated carbocycles. The average Bonchev–Trinajstić information content (AvgIpc) is 2.97. The van der Waals surface area contributed by atoms with Gasteiger partial charge < -0.3 is 24.5 Å². The van der Waals surface area contributed by atoms with Gasteiger partial charge in [0.15, 0.2) is 0 Å². The van der Waals surface area contributed by atoms with Crippen molar-refractivity contribution in [2.45, 2.75) is 57.3 Å². The number of aliphatic hydroxyl groups is 1. The van der Waals surface area contributed by atoms with E-state index in [9.17, 15) is 24.2 Å². The molecule has 1 N–H and O–H groups in total. The van der Waals surface area contributed by atoms with Crippen LogP contribution >= 0.6 is 11.6 Å². The van der Waals surface area contributed by atoms with E-state index in [1.807, 2.05) is 25.7 Å². The summed E-state index contributed by atoms with van der Waals surface area (Å²) in [5.74, 6) is -0.672. The second-order valence-electron chi connectivity index (χ2n) is 9.44. The first kappa shape index (κ1) is 22.0. The molecule has 0 aliphatic carbocycles. The highest BCUT2D eigenvalue weighted by molar-refractivity contribution is 6.31. The van der Waals surface area contributed by atoms with Crippen molar-refractivity contribution in [1.29, 1.82) is 0 Å². The van der Waals surface area contributed by atoms with Crippen molar-refractivity contribution < 1.29 is 19.4 Å². The predicted octanol–water partition coefficient (Wildman–Crippen LogP) is 1.30. The molecule has 2 aliphatic rings. The fourth-order valence-electron chi connectivity index (χ4n) is 5.02. The van der Waals surface area contributed by atoms with Crippen LogP contribution in [0.2, 0.25) is 5.02 Å². The smallest absolute Gasteiger partial charge is 0.270 e. The van der Waals surface area contributed by atoms with E-state index in [1.165, 1.54) is 15.5 Å². The van der Waals surface area contributed by atoms with Gasteiger partial charge in [-0.05, 0) is 39.7 Å². The van der Waals surface area contributed by atoms with Crippen LogP contribution < -0.4 is 10.7 Å². The highest BCUT2D eigenvalue weighted by atomic mass is 35.5. The normalized spacial score (nSPS) is 22.3. The minimum absolute atomic E-state index is 0.0350. The van der Waals surface area contributed by atoms with E-state index in [0.29, 0.717) is 31.4 Å². The summed E-state index contributed by atoms with van der Waals surface area (Å²) in [5, 5.41) is 23.1. The number of aromatic nitrogens is 2. The number of nitrogens with zero attached hydrogens (tertiary/aromatic N) is 4. The van der Waals surface area contributed by atoms with Crippen LogP contribution in [0, 0.1) is 5.82 Å². The Hall–Kier alpha value is -2.23. The first-order chi connectivity index (χ1) is 14.4. The van der Waals surface area contributed by atoms with Crippen LogP contribution in [0.25, 0.3) is 11.0 Å². The third-order valence-corrected chi connectivity index (χ3v) is 6.50. The molecule has 31 heavy (non-hydrogen) atoms. The van der Waals surface area contributed by atoms with Gasteiger partial charge in [0.25, 0.3) is 5.56 Å². The Kier molecular flexibility index (Phi) is 5.27. The number of likely N-dealkylation sites (tertiary alicyclic amines) is 1. The van der Waals surface area contributed by atoms with Gasteiger partial charge in [-0.25, -0.2) is 4.39 Å². The highest BCUT2D eigenvalue weighted by Crippen LogP contribution is 2.39. The number of halogens is 2. The van der Waals surface area contributed by atoms with E-state index in [2.05, 4.69) is 4.98 Å². The maximum absolute atomic E-state index is 14.8. The summed E-state index contributed by atoms with van der Waals surface area (Å²) in [4.78, 5) is 31.5. The monoisotopic (exact) mass is 451 g/mol. The molecule has 4 heterocycles. The summed E-state index contributed by atoms with van der Waals surface area (Å²) in [6.45, 7) is 6.52. The molecule has 4 rings (SSSR count). The van der Waals surface area contributed by atoms with Crippen molar-refractivity contribution in [1.82, 2.24) is 19.4 Å². The number of pyridine rings is 2. The van der Waals surface area contributed by atoms with Gasteiger partial charge >= 0.3 is 0 Å². The third kappa shape index (κ3) is 3.68. The highest BCUT2D eigenvalue weighted by Gasteiger charge is 2.44. The minimum atomic E-state index is -1.62. The fraction of sp³-hybridized carbons (Fsp3) is 0.571. The molecule has 1 fully saturated rings. The van der Waals surface area contributed by atoms with E-state index in [0.717, 1.165) is 6.20 Å². The molecule has 1 atom stereocenters. The van der Waals surface area contributed by atoms with Crippen molar-refractivity contribution in [2.75, 3.05) is 19.6 Å². The van der Waals surface area contributed by atoms with Crippen LogP contribution in [0.5, 0.6) is 0 Å². The van der Waals surface area contributed by atoms with Gasteiger partial charge in [-0.15, -0.1) is 0 Å². The van der Waals surface area contributed by atoms with E-state index in [1.54, 1.807) is 0 Å². The van der Waals surface area contributed by atoms with E-state index in [4.69, 9.17) is 11.6 Å². The summed E-state index contributed by atoms with van der Waals surface area (Å²) >= 11 is 6.01. The predicted molar refractivity (Wildman–Crippen MR) is 111 cm³/mol. The lowest BCUT2D eigenvalue weighted by Crippen LogP contribution is -2.59. The maximum atomic E-state index is 14.8. The van der Waals surface area contributed by atoms with Crippen LogP contribution in [-0.4, -0.2) is 61.8 Å². The van der Waals surface area contributed by atoms with Gasteiger partial charge in [0.1, 0.15) is 22.5 Å². The summed E-state index contributed by atoms with van der Waals surface area (Å²) in [7, 11) is 0. The number of carboxylic acid groups (broad SMARTS) is 1. The quantitative estimate of drug-likeness (QED) is 0.754. The number of piperidine rings is 1. The van der Waals surface area contributed by atoms with Gasteiger partial charge in [0.2, 0.25) is 0 Å². The molecular formula is C21H25ClFN4O4-.